The Balaban J connectivity index is 0.00000200. The molecular formula is C19H26O. The molecule has 0 bridgehead atoms. The van der Waals surface area contributed by atoms with Gasteiger partial charge < -0.3 is 4.74 Å². The number of hydrogen-bond acceptors (Lipinski definition) is 1. The molecule has 0 saturated heterocycles. The van der Waals surface area contributed by atoms with E-state index in [4.69, 9.17) is 4.74 Å². The Kier molecular flexibility index (Phi) is 5.13. The number of hydrogen-bond donors (Lipinski definition) is 0. The highest BCUT2D eigenvalue weighted by molar-refractivity contribution is 5.24. The van der Waals surface area contributed by atoms with E-state index in [0.29, 0.717) is 0 Å². The molecule has 1 heteroatoms. The van der Waals surface area contributed by atoms with E-state index in [0.717, 1.165) is 0 Å². The predicted molar refractivity (Wildman–Crippen MR) is 86.8 cm³/mol. The van der Waals surface area contributed by atoms with Crippen molar-refractivity contribution in [1.82, 2.24) is 0 Å². The Bertz CT molecular complexity index is 462. The van der Waals surface area contributed by atoms with Gasteiger partial charge in [-0.1, -0.05) is 68.1 Å². The average molecular weight is 270 g/mol. The van der Waals surface area contributed by atoms with E-state index in [2.05, 4.69) is 76.2 Å². The Morgan fingerprint density at radius 1 is 0.600 bits per heavy atom. The number of benzene rings is 2. The van der Waals surface area contributed by atoms with Crippen LogP contribution >= 0.6 is 0 Å². The van der Waals surface area contributed by atoms with Gasteiger partial charge in [-0.3, -0.25) is 0 Å². The van der Waals surface area contributed by atoms with Crippen molar-refractivity contribution in [2.75, 3.05) is 0 Å². The van der Waals surface area contributed by atoms with Crippen molar-refractivity contribution in [3.63, 3.8) is 0 Å². The third kappa shape index (κ3) is 3.71. The molecule has 0 radical (unpaired) electrons. The van der Waals surface area contributed by atoms with Crippen molar-refractivity contribution in [2.45, 2.75) is 46.3 Å². The molecule has 0 N–H and O–H groups in total. The van der Waals surface area contributed by atoms with E-state index in [1.165, 1.54) is 11.1 Å². The largest absolute Gasteiger partial charge is 0.360 e. The fourth-order valence-corrected chi connectivity index (χ4v) is 2.43. The van der Waals surface area contributed by atoms with E-state index < -0.39 is 0 Å². The maximum atomic E-state index is 6.40. The Labute approximate surface area is 123 Å². The molecule has 0 saturated carbocycles. The molecule has 1 nitrogen and oxygen atoms in total. The van der Waals surface area contributed by atoms with E-state index >= 15 is 0 Å². The van der Waals surface area contributed by atoms with Gasteiger partial charge in [-0.05, 0) is 38.8 Å². The van der Waals surface area contributed by atoms with Crippen LogP contribution in [-0.4, -0.2) is 0 Å². The van der Waals surface area contributed by atoms with Crippen LogP contribution in [0.25, 0.3) is 0 Å². The first-order valence-corrected chi connectivity index (χ1v) is 6.73. The first-order valence-electron chi connectivity index (χ1n) is 6.73. The summed E-state index contributed by atoms with van der Waals surface area (Å²) >= 11 is 0. The standard InChI is InChI=1S/C18H22O.CH4/c1-17(2,15-11-7-5-8-12-15)19-18(3,4)16-13-9-6-10-14-16;/h5-14H,1-4H3;1H4. The molecule has 0 fully saturated rings. The summed E-state index contributed by atoms with van der Waals surface area (Å²) in [6.45, 7) is 8.47. The molecule has 2 rings (SSSR count). The van der Waals surface area contributed by atoms with Crippen molar-refractivity contribution in [3.05, 3.63) is 71.8 Å². The molecule has 108 valence electrons. The molecule has 20 heavy (non-hydrogen) atoms. The van der Waals surface area contributed by atoms with Crippen molar-refractivity contribution in [3.8, 4) is 0 Å². The molecule has 0 atom stereocenters. The third-order valence-corrected chi connectivity index (χ3v) is 3.45. The van der Waals surface area contributed by atoms with Gasteiger partial charge in [0.1, 0.15) is 0 Å². The highest BCUT2D eigenvalue weighted by Crippen LogP contribution is 2.35. The van der Waals surface area contributed by atoms with Gasteiger partial charge in [0, 0.05) is 0 Å². The van der Waals surface area contributed by atoms with Crippen LogP contribution in [0.2, 0.25) is 0 Å². The second-order valence-electron chi connectivity index (χ2n) is 5.85. The number of rotatable bonds is 4. The van der Waals surface area contributed by atoms with Crippen LogP contribution in [0.15, 0.2) is 60.7 Å². The zero-order valence-electron chi connectivity index (χ0n) is 12.2. The van der Waals surface area contributed by atoms with Crippen LogP contribution in [-0.2, 0) is 15.9 Å². The minimum atomic E-state index is -0.319. The minimum absolute atomic E-state index is 0. The first kappa shape index (κ1) is 16.5. The quantitative estimate of drug-likeness (QED) is 0.711. The Morgan fingerprint density at radius 3 is 1.20 bits per heavy atom. The van der Waals surface area contributed by atoms with Crippen molar-refractivity contribution in [1.29, 1.82) is 0 Å². The zero-order chi connectivity index (χ0) is 13.9. The lowest BCUT2D eigenvalue weighted by atomic mass is 9.93. The van der Waals surface area contributed by atoms with Crippen LogP contribution in [0.5, 0.6) is 0 Å². The van der Waals surface area contributed by atoms with Crippen LogP contribution < -0.4 is 0 Å². The molecule has 0 aliphatic carbocycles. The minimum Gasteiger partial charge on any atom is -0.360 e. The summed E-state index contributed by atoms with van der Waals surface area (Å²) in [5.74, 6) is 0. The molecule has 0 aliphatic rings. The van der Waals surface area contributed by atoms with Gasteiger partial charge in [0.15, 0.2) is 0 Å². The van der Waals surface area contributed by atoms with Crippen molar-refractivity contribution in [2.24, 2.45) is 0 Å². The van der Waals surface area contributed by atoms with Gasteiger partial charge >= 0.3 is 0 Å². The summed E-state index contributed by atoms with van der Waals surface area (Å²) < 4.78 is 6.40. The molecule has 2 aromatic carbocycles. The maximum absolute atomic E-state index is 6.40. The molecule has 2 aromatic rings. The molecule has 0 unspecified atom stereocenters. The van der Waals surface area contributed by atoms with Crippen molar-refractivity contribution < 1.29 is 4.74 Å². The average Bonchev–Trinajstić information content (AvgIpc) is 2.40. The number of ether oxygens (including phenoxy) is 1. The summed E-state index contributed by atoms with van der Waals surface area (Å²) in [6, 6.07) is 20.7. The van der Waals surface area contributed by atoms with E-state index in [1.807, 2.05) is 12.1 Å². The van der Waals surface area contributed by atoms with Gasteiger partial charge in [0.2, 0.25) is 0 Å². The summed E-state index contributed by atoms with van der Waals surface area (Å²) in [6.07, 6.45) is 0. The summed E-state index contributed by atoms with van der Waals surface area (Å²) in [4.78, 5) is 0. The summed E-state index contributed by atoms with van der Waals surface area (Å²) in [5.41, 5.74) is 1.75. The first-order chi connectivity index (χ1) is 8.92. The Morgan fingerprint density at radius 2 is 0.900 bits per heavy atom. The van der Waals surface area contributed by atoms with Crippen molar-refractivity contribution >= 4 is 0 Å². The molecule has 0 amide bonds. The topological polar surface area (TPSA) is 9.23 Å². The predicted octanol–water partition coefficient (Wildman–Crippen LogP) is 5.51. The van der Waals surface area contributed by atoms with Gasteiger partial charge in [-0.25, -0.2) is 0 Å². The van der Waals surface area contributed by atoms with Gasteiger partial charge in [0.05, 0.1) is 11.2 Å². The second-order valence-corrected chi connectivity index (χ2v) is 5.85. The van der Waals surface area contributed by atoms with Gasteiger partial charge in [0.25, 0.3) is 0 Å². The van der Waals surface area contributed by atoms with E-state index in [1.54, 1.807) is 0 Å². The summed E-state index contributed by atoms with van der Waals surface area (Å²) in [7, 11) is 0. The highest BCUT2D eigenvalue weighted by Gasteiger charge is 2.31. The monoisotopic (exact) mass is 270 g/mol. The second kappa shape index (κ2) is 6.23. The smallest absolute Gasteiger partial charge is 0.0887 e. The maximum Gasteiger partial charge on any atom is 0.0887 e. The third-order valence-electron chi connectivity index (χ3n) is 3.45. The molecule has 0 heterocycles. The SMILES string of the molecule is C.CC(C)(OC(C)(C)c1ccccc1)c1ccccc1. The van der Waals surface area contributed by atoms with Crippen LogP contribution in [0.3, 0.4) is 0 Å². The van der Waals surface area contributed by atoms with Gasteiger partial charge in [-0.15, -0.1) is 0 Å². The molecule has 0 aromatic heterocycles. The van der Waals surface area contributed by atoms with Crippen LogP contribution in [0, 0.1) is 0 Å². The molecular weight excluding hydrogens is 244 g/mol. The Hall–Kier alpha value is -1.60. The van der Waals surface area contributed by atoms with E-state index in [-0.39, 0.29) is 18.6 Å². The van der Waals surface area contributed by atoms with Crippen LogP contribution in [0.4, 0.5) is 0 Å². The zero-order valence-corrected chi connectivity index (χ0v) is 12.2. The molecule has 0 aliphatic heterocycles. The lowest BCUT2D eigenvalue weighted by molar-refractivity contribution is -0.132. The summed E-state index contributed by atoms with van der Waals surface area (Å²) in [5, 5.41) is 0. The lowest BCUT2D eigenvalue weighted by Crippen LogP contribution is -2.33. The van der Waals surface area contributed by atoms with E-state index in [9.17, 15) is 0 Å². The molecule has 0 spiro atoms. The highest BCUT2D eigenvalue weighted by atomic mass is 16.5. The fraction of sp³-hybridized carbons (Fsp3) is 0.368. The lowest BCUT2D eigenvalue weighted by Gasteiger charge is -2.37. The van der Waals surface area contributed by atoms with Gasteiger partial charge in [-0.2, -0.15) is 0 Å². The normalized spacial score (nSPS) is 11.8. The van der Waals surface area contributed by atoms with Crippen LogP contribution in [0.1, 0.15) is 46.2 Å². The fourth-order valence-electron chi connectivity index (χ4n) is 2.43.